The average molecular weight is 469 g/mol. The maximum atomic E-state index is 2.38. The molecule has 0 N–H and O–H groups in total. The van der Waals surface area contributed by atoms with Gasteiger partial charge in [-0.3, -0.25) is 0 Å². The van der Waals surface area contributed by atoms with E-state index in [1.807, 2.05) is 0 Å². The topological polar surface area (TPSA) is 0 Å². The van der Waals surface area contributed by atoms with Gasteiger partial charge in [0.05, 0.1) is 0 Å². The highest BCUT2D eigenvalue weighted by molar-refractivity contribution is 7.73. The van der Waals surface area contributed by atoms with Gasteiger partial charge in [0.15, 0.2) is 0 Å². The Morgan fingerprint density at radius 3 is 1.30 bits per heavy atom. The Labute approximate surface area is 202 Å². The van der Waals surface area contributed by atoms with Crippen LogP contribution in [0.4, 0.5) is 0 Å². The lowest BCUT2D eigenvalue weighted by atomic mass is 10.2. The van der Waals surface area contributed by atoms with E-state index in [1.165, 1.54) is 53.1 Å². The van der Waals surface area contributed by atoms with Crippen molar-refractivity contribution in [3.05, 3.63) is 121 Å². The number of hydrogen-bond donors (Lipinski definition) is 0. The van der Waals surface area contributed by atoms with Gasteiger partial charge in [-0.2, -0.15) is 0 Å². The van der Waals surface area contributed by atoms with E-state index in [9.17, 15) is 0 Å². The van der Waals surface area contributed by atoms with Gasteiger partial charge in [-0.25, -0.2) is 0 Å². The summed E-state index contributed by atoms with van der Waals surface area (Å²) in [6, 6.07) is 44.7. The Balaban J connectivity index is 1.45. The monoisotopic (exact) mass is 468 g/mol. The highest BCUT2D eigenvalue weighted by Gasteiger charge is 2.23. The van der Waals surface area contributed by atoms with Crippen molar-refractivity contribution in [3.8, 4) is 0 Å². The quantitative estimate of drug-likeness (QED) is 0.161. The molecule has 4 rings (SSSR count). The highest BCUT2D eigenvalue weighted by Crippen LogP contribution is 2.44. The Hall–Kier alpha value is -2.26. The first kappa shape index (κ1) is 23.9. The van der Waals surface area contributed by atoms with Crippen LogP contribution in [0, 0.1) is 0 Å². The van der Waals surface area contributed by atoms with Gasteiger partial charge in [0, 0.05) is 0 Å². The maximum Gasteiger partial charge on any atom is -0.0131 e. The minimum atomic E-state index is -0.329. The molecule has 0 radical (unpaired) electrons. The molecule has 4 aromatic rings. The second-order valence-electron chi connectivity index (χ2n) is 8.42. The third-order valence-corrected chi connectivity index (χ3v) is 11.9. The maximum absolute atomic E-state index is 2.38. The summed E-state index contributed by atoms with van der Waals surface area (Å²) in [4.78, 5) is 0. The summed E-state index contributed by atoms with van der Waals surface area (Å²) in [5.41, 5.74) is 0.726. The van der Waals surface area contributed by atoms with Crippen molar-refractivity contribution in [3.63, 3.8) is 0 Å². The second-order valence-corrected chi connectivity index (χ2v) is 13.3. The molecular formula is C31H34P2. The number of unbranched alkanes of at least 4 members (excludes halogenated alkanes) is 1. The Morgan fingerprint density at radius 1 is 0.515 bits per heavy atom. The van der Waals surface area contributed by atoms with Crippen molar-refractivity contribution in [1.29, 1.82) is 0 Å². The predicted octanol–water partition coefficient (Wildman–Crippen LogP) is 7.20. The minimum Gasteiger partial charge on any atom is -0.0648 e. The number of rotatable bonds is 11. The van der Waals surface area contributed by atoms with E-state index >= 15 is 0 Å². The van der Waals surface area contributed by atoms with Crippen LogP contribution in [0.15, 0.2) is 121 Å². The molecule has 0 nitrogen and oxygen atoms in total. The molecule has 0 spiro atoms. The molecule has 1 atom stereocenters. The molecule has 168 valence electrons. The van der Waals surface area contributed by atoms with Crippen LogP contribution in [-0.2, 0) is 0 Å². The van der Waals surface area contributed by atoms with Gasteiger partial charge in [-0.15, -0.1) is 0 Å². The molecule has 0 aliphatic carbocycles. The molecule has 0 fully saturated rings. The summed E-state index contributed by atoms with van der Waals surface area (Å²) in [7, 11) is -0.612. The van der Waals surface area contributed by atoms with E-state index in [0.717, 1.165) is 5.66 Å². The first-order valence-corrected chi connectivity index (χ1v) is 15.1. The van der Waals surface area contributed by atoms with Crippen LogP contribution in [0.1, 0.15) is 32.6 Å². The summed E-state index contributed by atoms with van der Waals surface area (Å²) < 4.78 is 0. The fourth-order valence-electron chi connectivity index (χ4n) is 4.54. The van der Waals surface area contributed by atoms with Gasteiger partial charge in [-0.05, 0) is 68.1 Å². The van der Waals surface area contributed by atoms with Gasteiger partial charge < -0.3 is 0 Å². The van der Waals surface area contributed by atoms with Crippen molar-refractivity contribution in [2.45, 2.75) is 38.3 Å². The first-order chi connectivity index (χ1) is 16.4. The Kier molecular flexibility index (Phi) is 9.29. The van der Waals surface area contributed by atoms with Crippen LogP contribution < -0.4 is 21.2 Å². The SMILES string of the molecule is CCC(CCCCP(c1ccccc1)c1ccccc1)P(c1ccccc1)c1ccccc1. The molecule has 0 amide bonds. The van der Waals surface area contributed by atoms with Crippen LogP contribution in [0.5, 0.6) is 0 Å². The predicted molar refractivity (Wildman–Crippen MR) is 151 cm³/mol. The molecule has 0 aliphatic rings. The molecule has 33 heavy (non-hydrogen) atoms. The van der Waals surface area contributed by atoms with Crippen molar-refractivity contribution in [2.75, 3.05) is 6.16 Å². The van der Waals surface area contributed by atoms with Crippen LogP contribution in [0.2, 0.25) is 0 Å². The average Bonchev–Trinajstić information content (AvgIpc) is 2.90. The third kappa shape index (κ3) is 6.63. The molecule has 0 heterocycles. The largest absolute Gasteiger partial charge is 0.0648 e. The lowest BCUT2D eigenvalue weighted by Gasteiger charge is -2.28. The summed E-state index contributed by atoms with van der Waals surface area (Å²) in [5.74, 6) is 0. The van der Waals surface area contributed by atoms with Crippen molar-refractivity contribution >= 4 is 37.1 Å². The zero-order chi connectivity index (χ0) is 22.7. The molecule has 0 saturated heterocycles. The lowest BCUT2D eigenvalue weighted by Crippen LogP contribution is -2.21. The van der Waals surface area contributed by atoms with E-state index in [4.69, 9.17) is 0 Å². The van der Waals surface area contributed by atoms with Gasteiger partial charge in [0.2, 0.25) is 0 Å². The van der Waals surface area contributed by atoms with Crippen molar-refractivity contribution < 1.29 is 0 Å². The van der Waals surface area contributed by atoms with Crippen LogP contribution >= 0.6 is 15.8 Å². The van der Waals surface area contributed by atoms with E-state index in [1.54, 1.807) is 0 Å². The van der Waals surface area contributed by atoms with E-state index in [0.29, 0.717) is 0 Å². The molecule has 0 aromatic heterocycles. The van der Waals surface area contributed by atoms with E-state index < -0.39 is 0 Å². The van der Waals surface area contributed by atoms with Gasteiger partial charge in [0.1, 0.15) is 0 Å². The number of benzene rings is 4. The fourth-order valence-corrected chi connectivity index (χ4v) is 9.89. The third-order valence-electron chi connectivity index (χ3n) is 6.21. The van der Waals surface area contributed by atoms with Gasteiger partial charge in [0.25, 0.3) is 0 Å². The molecule has 1 unspecified atom stereocenters. The molecule has 0 aliphatic heterocycles. The molecular weight excluding hydrogens is 434 g/mol. The Morgan fingerprint density at radius 2 is 0.909 bits per heavy atom. The minimum absolute atomic E-state index is 0.284. The van der Waals surface area contributed by atoms with Crippen molar-refractivity contribution in [1.82, 2.24) is 0 Å². The summed E-state index contributed by atoms with van der Waals surface area (Å²) >= 11 is 0. The molecule has 0 saturated carbocycles. The zero-order valence-electron chi connectivity index (χ0n) is 19.6. The Bertz CT molecular complexity index is 970. The van der Waals surface area contributed by atoms with Gasteiger partial charge >= 0.3 is 0 Å². The normalized spacial score (nSPS) is 12.2. The fraction of sp³-hybridized carbons (Fsp3) is 0.226. The highest BCUT2D eigenvalue weighted by atomic mass is 31.1. The summed E-state index contributed by atoms with van der Waals surface area (Å²) in [5, 5.41) is 6.03. The summed E-state index contributed by atoms with van der Waals surface area (Å²) in [6.07, 6.45) is 6.41. The van der Waals surface area contributed by atoms with Gasteiger partial charge in [-0.1, -0.05) is 135 Å². The van der Waals surface area contributed by atoms with Crippen LogP contribution in [0.25, 0.3) is 0 Å². The smallest absolute Gasteiger partial charge is 0.0131 e. The second kappa shape index (κ2) is 12.8. The van der Waals surface area contributed by atoms with Crippen LogP contribution in [0.3, 0.4) is 0 Å². The number of hydrogen-bond acceptors (Lipinski definition) is 0. The van der Waals surface area contributed by atoms with Crippen molar-refractivity contribution in [2.24, 2.45) is 0 Å². The zero-order valence-corrected chi connectivity index (χ0v) is 21.3. The molecule has 0 bridgehead atoms. The standard InChI is InChI=1S/C31H34P2/c1-2-27(33(30-22-11-5-12-23-30)31-24-13-6-14-25-31)17-15-16-26-32(28-18-7-3-8-19-28)29-20-9-4-10-21-29/h3-14,18-25,27H,2,15-17,26H2,1H3. The van der Waals surface area contributed by atoms with Crippen LogP contribution in [-0.4, -0.2) is 11.8 Å². The molecule has 2 heteroatoms. The summed E-state index contributed by atoms with van der Waals surface area (Å²) in [6.45, 7) is 2.38. The molecule has 4 aromatic carbocycles. The van der Waals surface area contributed by atoms with E-state index in [2.05, 4.69) is 128 Å². The van der Waals surface area contributed by atoms with E-state index in [-0.39, 0.29) is 15.8 Å². The lowest BCUT2D eigenvalue weighted by molar-refractivity contribution is 0.669. The first-order valence-electron chi connectivity index (χ1n) is 12.1.